The summed E-state index contributed by atoms with van der Waals surface area (Å²) < 4.78 is 0. The summed E-state index contributed by atoms with van der Waals surface area (Å²) >= 11 is 0. The molecule has 2 amide bonds. The fourth-order valence-electron chi connectivity index (χ4n) is 1.84. The smallest absolute Gasteiger partial charge is 0.222 e. The Labute approximate surface area is 122 Å². The molecule has 0 bridgehead atoms. The Morgan fingerprint density at radius 1 is 0.750 bits per heavy atom. The van der Waals surface area contributed by atoms with Crippen molar-refractivity contribution in [1.82, 2.24) is 9.80 Å². The van der Waals surface area contributed by atoms with Crippen LogP contribution in [0.5, 0.6) is 0 Å². The molecular weight excluding hydrogens is 256 g/mol. The number of nitrogens with two attached hydrogens (primary N) is 2. The Morgan fingerprint density at radius 2 is 1.10 bits per heavy atom. The summed E-state index contributed by atoms with van der Waals surface area (Å²) in [5.41, 5.74) is 10.8. The third kappa shape index (κ3) is 8.87. The van der Waals surface area contributed by atoms with Crippen molar-refractivity contribution in [2.75, 3.05) is 40.3 Å². The first-order valence-corrected chi connectivity index (χ1v) is 7.41. The molecule has 0 fully saturated rings. The lowest BCUT2D eigenvalue weighted by Crippen LogP contribution is -2.30. The molecule has 0 aromatic rings. The van der Waals surface area contributed by atoms with Crippen molar-refractivity contribution in [3.05, 3.63) is 0 Å². The number of nitrogens with zero attached hydrogens (tertiary/aromatic N) is 2. The first-order chi connectivity index (χ1) is 9.52. The van der Waals surface area contributed by atoms with E-state index in [0.29, 0.717) is 25.9 Å². The largest absolute Gasteiger partial charge is 0.346 e. The molecule has 0 spiro atoms. The van der Waals surface area contributed by atoms with Gasteiger partial charge >= 0.3 is 0 Å². The highest BCUT2D eigenvalue weighted by molar-refractivity contribution is 5.76. The van der Waals surface area contributed by atoms with E-state index in [9.17, 15) is 9.59 Å². The Balaban J connectivity index is 3.69. The van der Waals surface area contributed by atoms with E-state index in [4.69, 9.17) is 11.5 Å². The van der Waals surface area contributed by atoms with Gasteiger partial charge < -0.3 is 21.3 Å². The molecular formula is C14H30N4O2. The predicted octanol–water partition coefficient (Wildman–Crippen LogP) is 0.161. The standard InChI is InChI=1S/C14H30N4O2/c1-17(13(19)7-5-9-15)11-3-4-12-18(2)14(20)8-6-10-16/h3-12,15-16H2,1-2H3. The van der Waals surface area contributed by atoms with Crippen molar-refractivity contribution in [3.63, 3.8) is 0 Å². The number of hydrogen-bond donors (Lipinski definition) is 2. The molecule has 6 heteroatoms. The SMILES string of the molecule is CN(CCCCN(C)C(=O)CCCN)C(=O)CCCN. The molecule has 0 aromatic carbocycles. The summed E-state index contributed by atoms with van der Waals surface area (Å²) in [7, 11) is 3.63. The normalized spacial score (nSPS) is 10.4. The number of unbranched alkanes of at least 4 members (excludes halogenated alkanes) is 1. The number of hydrogen-bond acceptors (Lipinski definition) is 4. The summed E-state index contributed by atoms with van der Waals surface area (Å²) in [5.74, 6) is 0.283. The van der Waals surface area contributed by atoms with Crippen LogP contribution >= 0.6 is 0 Å². The van der Waals surface area contributed by atoms with Crippen molar-refractivity contribution >= 4 is 11.8 Å². The Morgan fingerprint density at radius 3 is 1.40 bits per heavy atom. The number of carbonyl (C=O) groups excluding carboxylic acids is 2. The maximum Gasteiger partial charge on any atom is 0.222 e. The molecule has 4 N–H and O–H groups in total. The zero-order valence-electron chi connectivity index (χ0n) is 12.9. The number of rotatable bonds is 11. The maximum absolute atomic E-state index is 11.7. The van der Waals surface area contributed by atoms with E-state index in [1.54, 1.807) is 9.80 Å². The van der Waals surface area contributed by atoms with E-state index in [1.165, 1.54) is 0 Å². The highest BCUT2D eigenvalue weighted by Crippen LogP contribution is 2.01. The van der Waals surface area contributed by atoms with E-state index in [2.05, 4.69) is 0 Å². The van der Waals surface area contributed by atoms with Crippen LogP contribution in [-0.4, -0.2) is 61.9 Å². The third-order valence-electron chi connectivity index (χ3n) is 3.28. The van der Waals surface area contributed by atoms with Crippen LogP contribution in [0, 0.1) is 0 Å². The molecule has 0 saturated heterocycles. The molecule has 0 rings (SSSR count). The average Bonchev–Trinajstić information content (AvgIpc) is 2.45. The maximum atomic E-state index is 11.7. The molecule has 0 aliphatic rings. The summed E-state index contributed by atoms with van der Waals surface area (Å²) in [5, 5.41) is 0. The van der Waals surface area contributed by atoms with Crippen LogP contribution in [-0.2, 0) is 9.59 Å². The van der Waals surface area contributed by atoms with Gasteiger partial charge in [0, 0.05) is 40.0 Å². The van der Waals surface area contributed by atoms with Gasteiger partial charge in [-0.3, -0.25) is 9.59 Å². The van der Waals surface area contributed by atoms with Gasteiger partial charge in [0.15, 0.2) is 0 Å². The van der Waals surface area contributed by atoms with Gasteiger partial charge in [-0.1, -0.05) is 0 Å². The highest BCUT2D eigenvalue weighted by Gasteiger charge is 2.09. The summed E-state index contributed by atoms with van der Waals surface area (Å²) in [6.45, 7) is 2.56. The zero-order valence-corrected chi connectivity index (χ0v) is 12.9. The molecule has 0 saturated carbocycles. The second-order valence-electron chi connectivity index (χ2n) is 5.12. The minimum atomic E-state index is 0.142. The topological polar surface area (TPSA) is 92.7 Å². The summed E-state index contributed by atoms with van der Waals surface area (Å²) in [4.78, 5) is 26.8. The lowest BCUT2D eigenvalue weighted by molar-refractivity contribution is -0.131. The third-order valence-corrected chi connectivity index (χ3v) is 3.28. The molecule has 0 aliphatic heterocycles. The predicted molar refractivity (Wildman–Crippen MR) is 81.1 cm³/mol. The van der Waals surface area contributed by atoms with Gasteiger partial charge in [0.25, 0.3) is 0 Å². The van der Waals surface area contributed by atoms with E-state index >= 15 is 0 Å². The average molecular weight is 286 g/mol. The second-order valence-corrected chi connectivity index (χ2v) is 5.12. The van der Waals surface area contributed by atoms with Crippen molar-refractivity contribution in [1.29, 1.82) is 0 Å². The molecule has 118 valence electrons. The first kappa shape index (κ1) is 18.9. The van der Waals surface area contributed by atoms with Crippen LogP contribution in [0.2, 0.25) is 0 Å². The molecule has 6 nitrogen and oxygen atoms in total. The van der Waals surface area contributed by atoms with Crippen LogP contribution in [0.25, 0.3) is 0 Å². The lowest BCUT2D eigenvalue weighted by Gasteiger charge is -2.19. The lowest BCUT2D eigenvalue weighted by atomic mass is 10.2. The van der Waals surface area contributed by atoms with Gasteiger partial charge in [-0.05, 0) is 38.8 Å². The fourth-order valence-corrected chi connectivity index (χ4v) is 1.84. The highest BCUT2D eigenvalue weighted by atomic mass is 16.2. The van der Waals surface area contributed by atoms with Gasteiger partial charge in [0.1, 0.15) is 0 Å². The summed E-state index contributed by atoms with van der Waals surface area (Å²) in [6.07, 6.45) is 4.32. The molecule has 20 heavy (non-hydrogen) atoms. The zero-order chi connectivity index (χ0) is 15.4. The van der Waals surface area contributed by atoms with Crippen molar-refractivity contribution in [3.8, 4) is 0 Å². The minimum Gasteiger partial charge on any atom is -0.346 e. The Bertz CT molecular complexity index is 256. The summed E-state index contributed by atoms with van der Waals surface area (Å²) in [6, 6.07) is 0. The molecule has 0 unspecified atom stereocenters. The first-order valence-electron chi connectivity index (χ1n) is 7.41. The van der Waals surface area contributed by atoms with E-state index in [1.807, 2.05) is 14.1 Å². The van der Waals surface area contributed by atoms with Crippen LogP contribution in [0.15, 0.2) is 0 Å². The quantitative estimate of drug-likeness (QED) is 0.529. The minimum absolute atomic E-state index is 0.142. The van der Waals surface area contributed by atoms with Gasteiger partial charge in [0.05, 0.1) is 0 Å². The van der Waals surface area contributed by atoms with Gasteiger partial charge in [0.2, 0.25) is 11.8 Å². The van der Waals surface area contributed by atoms with Gasteiger partial charge in [-0.15, -0.1) is 0 Å². The van der Waals surface area contributed by atoms with Crippen molar-refractivity contribution in [2.24, 2.45) is 11.5 Å². The van der Waals surface area contributed by atoms with E-state index in [-0.39, 0.29) is 11.8 Å². The molecule has 0 radical (unpaired) electrons. The second kappa shape index (κ2) is 11.7. The Kier molecular flexibility index (Phi) is 11.0. The van der Waals surface area contributed by atoms with Crippen LogP contribution in [0.4, 0.5) is 0 Å². The van der Waals surface area contributed by atoms with E-state index in [0.717, 1.165) is 38.8 Å². The monoisotopic (exact) mass is 286 g/mol. The van der Waals surface area contributed by atoms with Crippen molar-refractivity contribution in [2.45, 2.75) is 38.5 Å². The molecule has 0 aliphatic carbocycles. The van der Waals surface area contributed by atoms with E-state index < -0.39 is 0 Å². The molecule has 0 aromatic heterocycles. The van der Waals surface area contributed by atoms with Crippen LogP contribution < -0.4 is 11.5 Å². The molecule has 0 atom stereocenters. The van der Waals surface area contributed by atoms with Crippen LogP contribution in [0.3, 0.4) is 0 Å². The van der Waals surface area contributed by atoms with Crippen LogP contribution in [0.1, 0.15) is 38.5 Å². The van der Waals surface area contributed by atoms with Gasteiger partial charge in [-0.25, -0.2) is 0 Å². The van der Waals surface area contributed by atoms with Gasteiger partial charge in [-0.2, -0.15) is 0 Å². The number of carbonyl (C=O) groups is 2. The molecule has 0 heterocycles. The Hall–Kier alpha value is -1.14. The van der Waals surface area contributed by atoms with Crippen molar-refractivity contribution < 1.29 is 9.59 Å². The fraction of sp³-hybridized carbons (Fsp3) is 0.857. The number of amides is 2.